The van der Waals surface area contributed by atoms with Gasteiger partial charge in [-0.05, 0) is 19.1 Å². The third-order valence-electron chi connectivity index (χ3n) is 2.87. The first-order chi connectivity index (χ1) is 11.5. The summed E-state index contributed by atoms with van der Waals surface area (Å²) in [5, 5.41) is 8.22. The summed E-state index contributed by atoms with van der Waals surface area (Å²) in [5.41, 5.74) is 1.62. The molecule has 5 nitrogen and oxygen atoms in total. The highest BCUT2D eigenvalue weighted by Crippen LogP contribution is 2.31. The van der Waals surface area contributed by atoms with Gasteiger partial charge in [-0.3, -0.25) is 4.79 Å². The SMILES string of the molecule is C=C(C)CSc1nnc(SCC(=O)c2ccc(OC)cc2OC)s1. The minimum Gasteiger partial charge on any atom is -0.497 e. The van der Waals surface area contributed by atoms with Gasteiger partial charge in [0.1, 0.15) is 11.5 Å². The van der Waals surface area contributed by atoms with Crippen molar-refractivity contribution in [3.8, 4) is 11.5 Å². The van der Waals surface area contributed by atoms with E-state index in [1.165, 1.54) is 30.2 Å². The molecule has 8 heteroatoms. The lowest BCUT2D eigenvalue weighted by atomic mass is 10.1. The lowest BCUT2D eigenvalue weighted by Gasteiger charge is -2.09. The zero-order chi connectivity index (χ0) is 17.5. The van der Waals surface area contributed by atoms with Crippen molar-refractivity contribution in [3.63, 3.8) is 0 Å². The second-order valence-electron chi connectivity index (χ2n) is 4.86. The molecule has 0 aliphatic rings. The molecule has 0 N–H and O–H groups in total. The van der Waals surface area contributed by atoms with Crippen molar-refractivity contribution < 1.29 is 14.3 Å². The fourth-order valence-corrected chi connectivity index (χ4v) is 4.48. The number of rotatable bonds is 9. The molecule has 0 fully saturated rings. The van der Waals surface area contributed by atoms with Crippen LogP contribution in [0.2, 0.25) is 0 Å². The molecule has 0 aliphatic carbocycles. The summed E-state index contributed by atoms with van der Waals surface area (Å²) in [7, 11) is 3.11. The number of ketones is 1. The van der Waals surface area contributed by atoms with Crippen LogP contribution < -0.4 is 9.47 Å². The summed E-state index contributed by atoms with van der Waals surface area (Å²) in [6.07, 6.45) is 0. The molecule has 1 heterocycles. The largest absolute Gasteiger partial charge is 0.497 e. The van der Waals surface area contributed by atoms with Crippen molar-refractivity contribution in [1.82, 2.24) is 10.2 Å². The number of hydrogen-bond donors (Lipinski definition) is 0. The van der Waals surface area contributed by atoms with Crippen LogP contribution in [0.25, 0.3) is 0 Å². The summed E-state index contributed by atoms with van der Waals surface area (Å²) in [5.74, 6) is 2.24. The summed E-state index contributed by atoms with van der Waals surface area (Å²) in [4.78, 5) is 12.4. The number of methoxy groups -OCH3 is 2. The summed E-state index contributed by atoms with van der Waals surface area (Å²) >= 11 is 4.47. The van der Waals surface area contributed by atoms with Crippen molar-refractivity contribution in [1.29, 1.82) is 0 Å². The Bertz CT molecular complexity index is 731. The molecule has 0 aliphatic heterocycles. The Balaban J connectivity index is 1.97. The van der Waals surface area contributed by atoms with E-state index in [9.17, 15) is 4.79 Å². The summed E-state index contributed by atoms with van der Waals surface area (Å²) in [6, 6.07) is 5.17. The molecule has 0 saturated heterocycles. The number of aromatic nitrogens is 2. The molecule has 24 heavy (non-hydrogen) atoms. The number of benzene rings is 1. The fourth-order valence-electron chi connectivity index (χ4n) is 1.73. The van der Waals surface area contributed by atoms with E-state index in [1.54, 1.807) is 37.1 Å². The number of Topliss-reactive ketones (excluding diaryl/α,β-unsaturated/α-hetero) is 1. The van der Waals surface area contributed by atoms with Crippen LogP contribution in [0, 0.1) is 0 Å². The molecule has 0 unspecified atom stereocenters. The predicted octanol–water partition coefficient (Wildman–Crippen LogP) is 4.20. The van der Waals surface area contributed by atoms with Crippen molar-refractivity contribution in [2.24, 2.45) is 0 Å². The van der Waals surface area contributed by atoms with E-state index in [-0.39, 0.29) is 11.5 Å². The van der Waals surface area contributed by atoms with E-state index < -0.39 is 0 Å². The van der Waals surface area contributed by atoms with E-state index in [4.69, 9.17) is 9.47 Å². The van der Waals surface area contributed by atoms with Crippen molar-refractivity contribution in [2.75, 3.05) is 25.7 Å². The molecule has 1 aromatic carbocycles. The van der Waals surface area contributed by atoms with E-state index in [0.29, 0.717) is 17.1 Å². The van der Waals surface area contributed by atoms with Gasteiger partial charge >= 0.3 is 0 Å². The van der Waals surface area contributed by atoms with Gasteiger partial charge in [-0.25, -0.2) is 0 Å². The molecular weight excluding hydrogens is 364 g/mol. The number of carbonyl (C=O) groups is 1. The molecule has 2 aromatic rings. The molecule has 0 saturated carbocycles. The van der Waals surface area contributed by atoms with Crippen LogP contribution in [0.4, 0.5) is 0 Å². The van der Waals surface area contributed by atoms with Crippen LogP contribution in [0.5, 0.6) is 11.5 Å². The van der Waals surface area contributed by atoms with Gasteiger partial charge in [-0.1, -0.05) is 47.0 Å². The normalized spacial score (nSPS) is 10.5. The Morgan fingerprint density at radius 3 is 2.42 bits per heavy atom. The van der Waals surface area contributed by atoms with E-state index in [1.807, 2.05) is 6.92 Å². The van der Waals surface area contributed by atoms with Crippen LogP contribution in [-0.2, 0) is 0 Å². The molecular formula is C16H18N2O3S3. The quantitative estimate of drug-likeness (QED) is 0.366. The number of ether oxygens (including phenoxy) is 2. The minimum atomic E-state index is -0.0224. The maximum absolute atomic E-state index is 12.4. The zero-order valence-corrected chi connectivity index (χ0v) is 16.1. The monoisotopic (exact) mass is 382 g/mol. The number of hydrogen-bond acceptors (Lipinski definition) is 8. The number of thioether (sulfide) groups is 2. The molecule has 0 spiro atoms. The van der Waals surface area contributed by atoms with Gasteiger partial charge in [0.15, 0.2) is 14.5 Å². The van der Waals surface area contributed by atoms with Gasteiger partial charge in [0, 0.05) is 11.8 Å². The lowest BCUT2D eigenvalue weighted by molar-refractivity contribution is 0.101. The van der Waals surface area contributed by atoms with Gasteiger partial charge in [-0.2, -0.15) is 0 Å². The highest BCUT2D eigenvalue weighted by atomic mass is 32.2. The third kappa shape index (κ3) is 5.25. The van der Waals surface area contributed by atoms with Crippen LogP contribution in [-0.4, -0.2) is 41.7 Å². The molecule has 0 bridgehead atoms. The van der Waals surface area contributed by atoms with Crippen LogP contribution in [0.1, 0.15) is 17.3 Å². The average Bonchev–Trinajstić information content (AvgIpc) is 3.05. The topological polar surface area (TPSA) is 61.3 Å². The number of carbonyl (C=O) groups excluding carboxylic acids is 1. The van der Waals surface area contributed by atoms with Crippen molar-refractivity contribution >= 4 is 40.6 Å². The molecule has 2 rings (SSSR count). The van der Waals surface area contributed by atoms with Crippen molar-refractivity contribution in [3.05, 3.63) is 35.9 Å². The first-order valence-corrected chi connectivity index (χ1v) is 9.81. The van der Waals surface area contributed by atoms with Crippen LogP contribution >= 0.6 is 34.9 Å². The van der Waals surface area contributed by atoms with E-state index in [2.05, 4.69) is 16.8 Å². The minimum absolute atomic E-state index is 0.0224. The standard InChI is InChI=1S/C16H18N2O3S3/c1-10(2)8-22-15-17-18-16(24-15)23-9-13(19)12-6-5-11(20-3)7-14(12)21-4/h5-7H,1,8-9H2,2-4H3. The Morgan fingerprint density at radius 1 is 1.17 bits per heavy atom. The van der Waals surface area contributed by atoms with Crippen molar-refractivity contribution in [2.45, 2.75) is 15.6 Å². The Hall–Kier alpha value is -1.51. The summed E-state index contributed by atoms with van der Waals surface area (Å²) in [6.45, 7) is 5.84. The van der Waals surface area contributed by atoms with Crippen LogP contribution in [0.15, 0.2) is 39.0 Å². The first-order valence-electron chi connectivity index (χ1n) is 7.02. The first kappa shape index (κ1) is 18.8. The molecule has 128 valence electrons. The Morgan fingerprint density at radius 2 is 1.83 bits per heavy atom. The third-order valence-corrected chi connectivity index (χ3v) is 6.29. The second-order valence-corrected chi connectivity index (χ2v) is 8.28. The van der Waals surface area contributed by atoms with Gasteiger partial charge in [0.2, 0.25) is 0 Å². The van der Waals surface area contributed by atoms with E-state index >= 15 is 0 Å². The maximum Gasteiger partial charge on any atom is 0.176 e. The fraction of sp³-hybridized carbons (Fsp3) is 0.312. The molecule has 0 radical (unpaired) electrons. The second kappa shape index (κ2) is 9.10. The average molecular weight is 383 g/mol. The maximum atomic E-state index is 12.4. The Labute approximate surface area is 153 Å². The van der Waals surface area contributed by atoms with Gasteiger partial charge in [-0.15, -0.1) is 10.2 Å². The lowest BCUT2D eigenvalue weighted by Crippen LogP contribution is -2.05. The molecule has 0 atom stereocenters. The van der Waals surface area contributed by atoms with Crippen LogP contribution in [0.3, 0.4) is 0 Å². The highest BCUT2D eigenvalue weighted by Gasteiger charge is 2.15. The predicted molar refractivity (Wildman–Crippen MR) is 100 cm³/mol. The highest BCUT2D eigenvalue weighted by molar-refractivity contribution is 8.03. The Kier molecular flexibility index (Phi) is 7.14. The molecule has 1 aromatic heterocycles. The van der Waals surface area contributed by atoms with Gasteiger partial charge in [0.05, 0.1) is 25.5 Å². The van der Waals surface area contributed by atoms with E-state index in [0.717, 1.165) is 20.0 Å². The number of nitrogens with zero attached hydrogens (tertiary/aromatic N) is 2. The van der Waals surface area contributed by atoms with Gasteiger partial charge < -0.3 is 9.47 Å². The zero-order valence-electron chi connectivity index (χ0n) is 13.7. The molecule has 0 amide bonds. The summed E-state index contributed by atoms with van der Waals surface area (Å²) < 4.78 is 12.1. The van der Waals surface area contributed by atoms with Gasteiger partial charge in [0.25, 0.3) is 0 Å². The smallest absolute Gasteiger partial charge is 0.176 e.